The first-order valence-electron chi connectivity index (χ1n) is 11.4. The molecule has 6 heteroatoms. The third-order valence-corrected chi connectivity index (χ3v) is 6.32. The van der Waals surface area contributed by atoms with E-state index in [9.17, 15) is 19.8 Å². The molecule has 2 heterocycles. The van der Waals surface area contributed by atoms with Gasteiger partial charge in [-0.15, -0.1) is 0 Å². The number of ketones is 2. The van der Waals surface area contributed by atoms with Gasteiger partial charge in [0.25, 0.3) is 0 Å². The van der Waals surface area contributed by atoms with Gasteiger partial charge in [0.2, 0.25) is 5.78 Å². The van der Waals surface area contributed by atoms with E-state index in [4.69, 9.17) is 9.47 Å². The number of aromatic hydroxyl groups is 2. The van der Waals surface area contributed by atoms with E-state index in [2.05, 4.69) is 19.9 Å². The summed E-state index contributed by atoms with van der Waals surface area (Å²) < 4.78 is 11.7. The predicted octanol–water partition coefficient (Wildman–Crippen LogP) is 5.70. The number of hydrogen-bond acceptors (Lipinski definition) is 6. The molecule has 0 amide bonds. The Hall–Kier alpha value is -3.02. The summed E-state index contributed by atoms with van der Waals surface area (Å²) in [5.74, 6) is -2.69. The molecule has 0 saturated heterocycles. The molecule has 0 bridgehead atoms. The van der Waals surface area contributed by atoms with Crippen LogP contribution in [0.1, 0.15) is 82.8 Å². The Labute approximate surface area is 195 Å². The lowest BCUT2D eigenvalue weighted by Crippen LogP contribution is -2.42. The third-order valence-electron chi connectivity index (χ3n) is 6.32. The fourth-order valence-electron chi connectivity index (χ4n) is 4.20. The van der Waals surface area contributed by atoms with E-state index < -0.39 is 11.7 Å². The second-order valence-electron chi connectivity index (χ2n) is 9.60. The van der Waals surface area contributed by atoms with Crippen molar-refractivity contribution in [2.24, 2.45) is 5.92 Å². The summed E-state index contributed by atoms with van der Waals surface area (Å²) in [6.07, 6.45) is 6.09. The SMILES string of the molecule is CC(C)=CCCC(C)=CCc1c(O)c2c(c(C(=O)C(C)C)c1O)OC1(C2)OC(C)=C(C)C1=O. The highest BCUT2D eigenvalue weighted by Gasteiger charge is 2.56. The van der Waals surface area contributed by atoms with Gasteiger partial charge in [-0.25, -0.2) is 0 Å². The topological polar surface area (TPSA) is 93.1 Å². The quantitative estimate of drug-likeness (QED) is 0.406. The molecule has 2 aliphatic rings. The zero-order chi connectivity index (χ0) is 24.7. The second-order valence-corrected chi connectivity index (χ2v) is 9.60. The molecule has 6 nitrogen and oxygen atoms in total. The van der Waals surface area contributed by atoms with Crippen molar-refractivity contribution in [2.75, 3.05) is 0 Å². The first-order valence-corrected chi connectivity index (χ1v) is 11.4. The largest absolute Gasteiger partial charge is 0.507 e. The number of hydrogen-bond donors (Lipinski definition) is 2. The highest BCUT2D eigenvalue weighted by Crippen LogP contribution is 2.52. The zero-order valence-corrected chi connectivity index (χ0v) is 20.6. The number of carbonyl (C=O) groups is 2. The highest BCUT2D eigenvalue weighted by atomic mass is 16.7. The average Bonchev–Trinajstić information content (AvgIpc) is 3.20. The van der Waals surface area contributed by atoms with Gasteiger partial charge in [0.05, 0.1) is 6.42 Å². The maximum absolute atomic E-state index is 13.1. The van der Waals surface area contributed by atoms with E-state index in [1.54, 1.807) is 27.7 Å². The van der Waals surface area contributed by atoms with Crippen LogP contribution in [0, 0.1) is 5.92 Å². The number of allylic oxidation sites excluding steroid dienone is 5. The van der Waals surface area contributed by atoms with Gasteiger partial charge in [0.15, 0.2) is 5.78 Å². The molecular formula is C27H34O6. The van der Waals surface area contributed by atoms with E-state index in [0.29, 0.717) is 16.9 Å². The Bertz CT molecular complexity index is 1100. The summed E-state index contributed by atoms with van der Waals surface area (Å²) in [5.41, 5.74) is 3.38. The highest BCUT2D eigenvalue weighted by molar-refractivity contribution is 6.07. The van der Waals surface area contributed by atoms with Gasteiger partial charge in [-0.1, -0.05) is 37.1 Å². The van der Waals surface area contributed by atoms with Gasteiger partial charge in [0.1, 0.15) is 28.6 Å². The number of ether oxygens (including phenoxy) is 2. The summed E-state index contributed by atoms with van der Waals surface area (Å²) in [6, 6.07) is 0. The normalized spacial score (nSPS) is 19.8. The smallest absolute Gasteiger partial charge is 0.319 e. The molecule has 3 rings (SSSR count). The molecule has 1 aromatic rings. The molecule has 0 radical (unpaired) electrons. The number of benzene rings is 1. The molecule has 0 saturated carbocycles. The molecule has 0 aliphatic carbocycles. The molecule has 178 valence electrons. The van der Waals surface area contributed by atoms with Crippen LogP contribution in [-0.4, -0.2) is 27.6 Å². The predicted molar refractivity (Wildman–Crippen MR) is 127 cm³/mol. The van der Waals surface area contributed by atoms with Gasteiger partial charge < -0.3 is 19.7 Å². The monoisotopic (exact) mass is 454 g/mol. The lowest BCUT2D eigenvalue weighted by atomic mass is 9.90. The van der Waals surface area contributed by atoms with Crippen LogP contribution in [0.4, 0.5) is 0 Å². The van der Waals surface area contributed by atoms with Crippen molar-refractivity contribution in [3.8, 4) is 17.2 Å². The molecular weight excluding hydrogens is 420 g/mol. The van der Waals surface area contributed by atoms with E-state index >= 15 is 0 Å². The zero-order valence-electron chi connectivity index (χ0n) is 20.6. The van der Waals surface area contributed by atoms with Crippen molar-refractivity contribution in [3.05, 3.63) is 51.3 Å². The van der Waals surface area contributed by atoms with Crippen LogP contribution in [0.15, 0.2) is 34.6 Å². The summed E-state index contributed by atoms with van der Waals surface area (Å²) in [5, 5.41) is 22.2. The molecule has 2 aliphatic heterocycles. The minimum atomic E-state index is -1.64. The molecule has 1 unspecified atom stereocenters. The minimum Gasteiger partial charge on any atom is -0.507 e. The molecule has 2 N–H and O–H groups in total. The lowest BCUT2D eigenvalue weighted by molar-refractivity contribution is -0.160. The molecule has 0 aromatic heterocycles. The number of fused-ring (bicyclic) bond motifs is 1. The first kappa shape index (κ1) is 24.6. The van der Waals surface area contributed by atoms with Crippen molar-refractivity contribution in [3.63, 3.8) is 0 Å². The van der Waals surface area contributed by atoms with Gasteiger partial charge >= 0.3 is 5.79 Å². The fraction of sp³-hybridized carbons (Fsp3) is 0.481. The van der Waals surface area contributed by atoms with Crippen molar-refractivity contribution >= 4 is 11.6 Å². The Morgan fingerprint density at radius 3 is 2.30 bits per heavy atom. The van der Waals surface area contributed by atoms with Crippen molar-refractivity contribution in [2.45, 2.75) is 79.9 Å². The molecule has 1 atom stereocenters. The fourth-order valence-corrected chi connectivity index (χ4v) is 4.20. The molecule has 1 spiro atoms. The minimum absolute atomic E-state index is 0.00104. The van der Waals surface area contributed by atoms with E-state index in [-0.39, 0.29) is 52.8 Å². The number of phenolic OH excluding ortho intramolecular Hbond substituents is 2. The Morgan fingerprint density at radius 2 is 1.76 bits per heavy atom. The number of phenols is 2. The standard InChI is InChI=1S/C27H34O6/c1-14(2)9-8-10-16(5)11-12-19-23(29)20-13-27(26(31)17(6)18(7)32-27)33-25(20)21(24(19)30)22(28)15(3)4/h9,11,15,29-30H,8,10,12-13H2,1-7H3. The Balaban J connectivity index is 2.04. The van der Waals surface area contributed by atoms with Crippen LogP contribution in [0.25, 0.3) is 0 Å². The van der Waals surface area contributed by atoms with E-state index in [0.717, 1.165) is 18.4 Å². The third kappa shape index (κ3) is 4.43. The van der Waals surface area contributed by atoms with Crippen LogP contribution >= 0.6 is 0 Å². The lowest BCUT2D eigenvalue weighted by Gasteiger charge is -2.22. The molecule has 0 fully saturated rings. The second kappa shape index (κ2) is 9.08. The van der Waals surface area contributed by atoms with Gasteiger partial charge in [-0.2, -0.15) is 0 Å². The van der Waals surface area contributed by atoms with Crippen molar-refractivity contribution in [1.82, 2.24) is 0 Å². The first-order chi connectivity index (χ1) is 15.4. The van der Waals surface area contributed by atoms with Crippen molar-refractivity contribution < 1.29 is 29.3 Å². The van der Waals surface area contributed by atoms with E-state index in [1.165, 1.54) is 5.57 Å². The van der Waals surface area contributed by atoms with Gasteiger partial charge in [0, 0.05) is 22.6 Å². The maximum Gasteiger partial charge on any atom is 0.319 e. The summed E-state index contributed by atoms with van der Waals surface area (Å²) in [4.78, 5) is 26.0. The van der Waals surface area contributed by atoms with Crippen LogP contribution in [0.5, 0.6) is 17.2 Å². The number of rotatable bonds is 7. The maximum atomic E-state index is 13.1. The summed E-state index contributed by atoms with van der Waals surface area (Å²) in [6.45, 7) is 12.9. The number of carbonyl (C=O) groups excluding carboxylic acids is 2. The van der Waals surface area contributed by atoms with Gasteiger partial charge in [-0.05, 0) is 53.9 Å². The van der Waals surface area contributed by atoms with Crippen LogP contribution in [0.3, 0.4) is 0 Å². The number of Topliss-reactive ketones (excluding diaryl/α,β-unsaturated/α-hetero) is 2. The molecule has 1 aromatic carbocycles. The summed E-state index contributed by atoms with van der Waals surface area (Å²) >= 11 is 0. The van der Waals surface area contributed by atoms with E-state index in [1.807, 2.05) is 13.0 Å². The van der Waals surface area contributed by atoms with Crippen LogP contribution in [-0.2, 0) is 22.4 Å². The Morgan fingerprint density at radius 1 is 1.09 bits per heavy atom. The van der Waals surface area contributed by atoms with Crippen LogP contribution < -0.4 is 4.74 Å². The Kier molecular flexibility index (Phi) is 6.78. The van der Waals surface area contributed by atoms with Crippen LogP contribution in [0.2, 0.25) is 0 Å². The summed E-state index contributed by atoms with van der Waals surface area (Å²) in [7, 11) is 0. The van der Waals surface area contributed by atoms with Crippen molar-refractivity contribution in [1.29, 1.82) is 0 Å². The molecule has 33 heavy (non-hydrogen) atoms. The average molecular weight is 455 g/mol. The van der Waals surface area contributed by atoms with Gasteiger partial charge in [-0.3, -0.25) is 9.59 Å².